The van der Waals surface area contributed by atoms with E-state index in [-0.39, 0.29) is 11.6 Å². The first-order valence-corrected chi connectivity index (χ1v) is 4.51. The third-order valence-corrected chi connectivity index (χ3v) is 1.67. The van der Waals surface area contributed by atoms with Crippen LogP contribution in [0.4, 0.5) is 5.82 Å². The third-order valence-electron chi connectivity index (χ3n) is 1.46. The van der Waals surface area contributed by atoms with Crippen LogP contribution in [0.25, 0.3) is 0 Å². The zero-order valence-electron chi connectivity index (χ0n) is 7.87. The van der Waals surface area contributed by atoms with Crippen molar-refractivity contribution in [2.45, 2.75) is 19.9 Å². The van der Waals surface area contributed by atoms with Crippen molar-refractivity contribution in [2.75, 3.05) is 5.32 Å². The number of nitrogens with zero attached hydrogens (tertiary/aromatic N) is 1. The highest BCUT2D eigenvalue weighted by Crippen LogP contribution is 2.11. The number of carboxylic acid groups (broad SMARTS) is 1. The maximum absolute atomic E-state index is 10.8. The van der Waals surface area contributed by atoms with E-state index in [0.717, 1.165) is 0 Å². The summed E-state index contributed by atoms with van der Waals surface area (Å²) in [5, 5.41) is 18.1. The maximum atomic E-state index is 10.8. The second-order valence-electron chi connectivity index (χ2n) is 3.10. The molecule has 0 radical (unpaired) electrons. The van der Waals surface area contributed by atoms with E-state index in [0.29, 0.717) is 10.5 Å². The number of H-pyrrole nitrogens is 1. The Morgan fingerprint density at radius 1 is 1.71 bits per heavy atom. The van der Waals surface area contributed by atoms with E-state index in [2.05, 4.69) is 15.5 Å². The molecule has 0 unspecified atom stereocenters. The fraction of sp³-hybridized carbons (Fsp3) is 0.375. The lowest BCUT2D eigenvalue weighted by Gasteiger charge is -2.10. The van der Waals surface area contributed by atoms with Gasteiger partial charge in [0.05, 0.1) is 0 Å². The minimum atomic E-state index is -1.04. The quantitative estimate of drug-likeness (QED) is 0.665. The van der Waals surface area contributed by atoms with Crippen molar-refractivity contribution in [1.29, 1.82) is 0 Å². The van der Waals surface area contributed by atoms with Crippen molar-refractivity contribution in [3.05, 3.63) is 16.3 Å². The predicted octanol–water partition coefficient (Wildman–Crippen LogP) is 1.66. The summed E-state index contributed by atoms with van der Waals surface area (Å²) in [5.74, 6) is -0.734. The van der Waals surface area contributed by atoms with Gasteiger partial charge < -0.3 is 10.4 Å². The van der Waals surface area contributed by atoms with Gasteiger partial charge in [0, 0.05) is 6.04 Å². The van der Waals surface area contributed by atoms with Gasteiger partial charge in [-0.1, -0.05) is 12.2 Å². The molecule has 1 aromatic rings. The fourth-order valence-corrected chi connectivity index (χ4v) is 1.11. The van der Waals surface area contributed by atoms with Gasteiger partial charge in [-0.2, -0.15) is 5.10 Å². The largest absolute Gasteiger partial charge is 0.478 e. The van der Waals surface area contributed by atoms with Crippen molar-refractivity contribution >= 4 is 24.0 Å². The van der Waals surface area contributed by atoms with E-state index >= 15 is 0 Å². The van der Waals surface area contributed by atoms with Crippen LogP contribution in [-0.2, 0) is 0 Å². The Bertz CT molecular complexity index is 400. The molecular formula is C8H11N3O2S. The molecule has 14 heavy (non-hydrogen) atoms. The molecule has 1 rings (SSSR count). The highest BCUT2D eigenvalue weighted by Gasteiger charge is 2.11. The molecule has 0 saturated heterocycles. The van der Waals surface area contributed by atoms with Crippen LogP contribution in [0.5, 0.6) is 0 Å². The molecule has 0 aromatic carbocycles. The summed E-state index contributed by atoms with van der Waals surface area (Å²) < 4.78 is 0.303. The van der Waals surface area contributed by atoms with E-state index in [4.69, 9.17) is 17.3 Å². The third kappa shape index (κ3) is 2.53. The number of carboxylic acids is 1. The first kappa shape index (κ1) is 10.6. The van der Waals surface area contributed by atoms with Crippen molar-refractivity contribution in [2.24, 2.45) is 0 Å². The number of nitrogens with one attached hydrogen (secondary N) is 2. The lowest BCUT2D eigenvalue weighted by molar-refractivity contribution is 0.0697. The second kappa shape index (κ2) is 4.19. The van der Waals surface area contributed by atoms with Gasteiger partial charge in [0.1, 0.15) is 10.2 Å². The number of aromatic carboxylic acids is 1. The van der Waals surface area contributed by atoms with E-state index < -0.39 is 5.97 Å². The molecular weight excluding hydrogens is 202 g/mol. The van der Waals surface area contributed by atoms with Gasteiger partial charge in [-0.3, -0.25) is 5.10 Å². The number of hydrogen-bond donors (Lipinski definition) is 3. The topological polar surface area (TPSA) is 78.0 Å². The minimum absolute atomic E-state index is 0.0856. The molecule has 5 nitrogen and oxygen atoms in total. The Kier molecular flexibility index (Phi) is 3.19. The Morgan fingerprint density at radius 2 is 2.36 bits per heavy atom. The molecule has 0 spiro atoms. The Balaban J connectivity index is 3.15. The number of carbonyl (C=O) groups is 1. The Hall–Kier alpha value is -1.43. The van der Waals surface area contributed by atoms with Gasteiger partial charge in [-0.05, 0) is 19.9 Å². The summed E-state index contributed by atoms with van der Waals surface area (Å²) in [7, 11) is 0. The van der Waals surface area contributed by atoms with Crippen LogP contribution < -0.4 is 5.32 Å². The number of anilines is 1. The van der Waals surface area contributed by atoms with Crippen LogP contribution in [0.2, 0.25) is 0 Å². The lowest BCUT2D eigenvalue weighted by Crippen LogP contribution is -2.15. The molecule has 76 valence electrons. The van der Waals surface area contributed by atoms with Gasteiger partial charge in [-0.15, -0.1) is 0 Å². The van der Waals surface area contributed by atoms with E-state index in [1.807, 2.05) is 13.8 Å². The minimum Gasteiger partial charge on any atom is -0.478 e. The van der Waals surface area contributed by atoms with Gasteiger partial charge in [0.15, 0.2) is 5.82 Å². The summed E-state index contributed by atoms with van der Waals surface area (Å²) in [6.45, 7) is 3.80. The molecule has 0 aliphatic heterocycles. The molecule has 0 fully saturated rings. The van der Waals surface area contributed by atoms with Crippen LogP contribution in [0.1, 0.15) is 24.2 Å². The van der Waals surface area contributed by atoms with Crippen LogP contribution in [0, 0.1) is 4.64 Å². The zero-order chi connectivity index (χ0) is 10.7. The number of aromatic nitrogens is 2. The Labute approximate surface area is 86.2 Å². The van der Waals surface area contributed by atoms with Crippen LogP contribution >= 0.6 is 12.2 Å². The van der Waals surface area contributed by atoms with Crippen LogP contribution in [0.15, 0.2) is 6.07 Å². The number of aromatic amines is 1. The zero-order valence-corrected chi connectivity index (χ0v) is 8.68. The molecule has 0 aliphatic carbocycles. The highest BCUT2D eigenvalue weighted by molar-refractivity contribution is 7.71. The summed E-state index contributed by atoms with van der Waals surface area (Å²) >= 11 is 4.78. The SMILES string of the molecule is CC(C)Nc1n[nH]c(=S)cc1C(=O)O. The number of rotatable bonds is 3. The van der Waals surface area contributed by atoms with Crippen LogP contribution in [0.3, 0.4) is 0 Å². The molecule has 3 N–H and O–H groups in total. The molecule has 0 bridgehead atoms. The van der Waals surface area contributed by atoms with Crippen molar-refractivity contribution in [3.8, 4) is 0 Å². The highest BCUT2D eigenvalue weighted by atomic mass is 32.1. The van der Waals surface area contributed by atoms with Crippen molar-refractivity contribution < 1.29 is 9.90 Å². The van der Waals surface area contributed by atoms with E-state index in [9.17, 15) is 4.79 Å². The second-order valence-corrected chi connectivity index (χ2v) is 3.54. The fourth-order valence-electron chi connectivity index (χ4n) is 0.949. The molecule has 6 heteroatoms. The Morgan fingerprint density at radius 3 is 2.86 bits per heavy atom. The maximum Gasteiger partial charge on any atom is 0.339 e. The molecule has 0 aliphatic rings. The van der Waals surface area contributed by atoms with Gasteiger partial charge >= 0.3 is 5.97 Å². The van der Waals surface area contributed by atoms with E-state index in [1.54, 1.807) is 0 Å². The molecule has 0 atom stereocenters. The lowest BCUT2D eigenvalue weighted by atomic mass is 10.2. The summed E-state index contributed by atoms with van der Waals surface area (Å²) in [6.07, 6.45) is 0. The monoisotopic (exact) mass is 213 g/mol. The molecule has 1 heterocycles. The number of hydrogen-bond acceptors (Lipinski definition) is 4. The van der Waals surface area contributed by atoms with E-state index in [1.165, 1.54) is 6.07 Å². The first-order valence-electron chi connectivity index (χ1n) is 4.10. The van der Waals surface area contributed by atoms with Crippen LogP contribution in [-0.4, -0.2) is 27.3 Å². The predicted molar refractivity (Wildman–Crippen MR) is 55.1 cm³/mol. The van der Waals surface area contributed by atoms with Crippen molar-refractivity contribution in [1.82, 2.24) is 10.2 Å². The smallest absolute Gasteiger partial charge is 0.339 e. The first-order chi connectivity index (χ1) is 6.50. The normalized spacial score (nSPS) is 10.2. The van der Waals surface area contributed by atoms with Gasteiger partial charge in [0.25, 0.3) is 0 Å². The average molecular weight is 213 g/mol. The molecule has 0 amide bonds. The average Bonchev–Trinajstić information content (AvgIpc) is 2.07. The van der Waals surface area contributed by atoms with Gasteiger partial charge in [0.2, 0.25) is 0 Å². The summed E-state index contributed by atoms with van der Waals surface area (Å²) in [4.78, 5) is 10.8. The van der Waals surface area contributed by atoms with Crippen molar-refractivity contribution in [3.63, 3.8) is 0 Å². The molecule has 0 saturated carbocycles. The summed E-state index contributed by atoms with van der Waals surface area (Å²) in [6, 6.07) is 1.49. The standard InChI is InChI=1S/C8H11N3O2S/c1-4(2)9-7-5(8(12)13)3-6(14)10-11-7/h3-4H,1-2H3,(H,9,11)(H,10,14)(H,12,13). The summed E-state index contributed by atoms with van der Waals surface area (Å²) in [5.41, 5.74) is 0.0856. The molecule has 1 aromatic heterocycles. The van der Waals surface area contributed by atoms with Gasteiger partial charge in [-0.25, -0.2) is 4.79 Å².